The van der Waals surface area contributed by atoms with Gasteiger partial charge in [0.2, 0.25) is 0 Å². The van der Waals surface area contributed by atoms with Gasteiger partial charge in [-0.25, -0.2) is 0 Å². The average molecular weight is 419 g/mol. The molecule has 138 valence electrons. The number of likely N-dealkylation sites (N-methyl/N-ethyl adjacent to an activating group) is 1. The van der Waals surface area contributed by atoms with Gasteiger partial charge >= 0.3 is 0 Å². The Kier molecular flexibility index (Phi) is 6.52. The number of halogens is 1. The van der Waals surface area contributed by atoms with Crippen molar-refractivity contribution in [1.82, 2.24) is 4.90 Å². The Bertz CT molecular complexity index is 713. The number of carbonyl (C=O) groups excluding carboxylic acids is 1. The summed E-state index contributed by atoms with van der Waals surface area (Å²) in [5.74, 6) is 0.634. The summed E-state index contributed by atoms with van der Waals surface area (Å²) >= 11 is 3.38. The van der Waals surface area contributed by atoms with E-state index in [9.17, 15) is 4.79 Å². The molecule has 1 aliphatic heterocycles. The lowest BCUT2D eigenvalue weighted by molar-refractivity contribution is -0.132. The first-order valence-electron chi connectivity index (χ1n) is 8.66. The lowest BCUT2D eigenvalue weighted by Gasteiger charge is -2.29. The van der Waals surface area contributed by atoms with Crippen LogP contribution in [0.4, 0.5) is 5.69 Å². The van der Waals surface area contributed by atoms with Crippen molar-refractivity contribution in [1.29, 1.82) is 0 Å². The van der Waals surface area contributed by atoms with Crippen molar-refractivity contribution < 1.29 is 14.3 Å². The molecule has 6 heteroatoms. The van der Waals surface area contributed by atoms with Crippen LogP contribution in [0.3, 0.4) is 0 Å². The molecule has 1 heterocycles. The Balaban J connectivity index is 1.49. The molecule has 0 aliphatic carbocycles. The lowest BCUT2D eigenvalue weighted by Crippen LogP contribution is -2.36. The molecule has 2 aromatic carbocycles. The van der Waals surface area contributed by atoms with E-state index in [1.165, 1.54) is 5.69 Å². The topological polar surface area (TPSA) is 42.0 Å². The van der Waals surface area contributed by atoms with Gasteiger partial charge in [0.05, 0.1) is 13.2 Å². The quantitative estimate of drug-likeness (QED) is 0.721. The SMILES string of the molecule is CN(Cc1ccc(N2CCOCC2)cc1)C(=O)COc1ccc(Br)cc1. The Morgan fingerprint density at radius 1 is 1.12 bits per heavy atom. The maximum absolute atomic E-state index is 12.3. The van der Waals surface area contributed by atoms with Crippen molar-refractivity contribution >= 4 is 27.5 Å². The van der Waals surface area contributed by atoms with Gasteiger partial charge in [-0.05, 0) is 42.0 Å². The number of morpholine rings is 1. The molecule has 3 rings (SSSR count). The van der Waals surface area contributed by atoms with Crippen LogP contribution in [0.2, 0.25) is 0 Å². The molecule has 26 heavy (non-hydrogen) atoms. The van der Waals surface area contributed by atoms with Crippen LogP contribution in [0.25, 0.3) is 0 Å². The van der Waals surface area contributed by atoms with E-state index in [1.54, 1.807) is 11.9 Å². The monoisotopic (exact) mass is 418 g/mol. The first-order chi connectivity index (χ1) is 12.6. The minimum absolute atomic E-state index is 0.0317. The van der Waals surface area contributed by atoms with Crippen LogP contribution in [-0.2, 0) is 16.1 Å². The number of anilines is 1. The fraction of sp³-hybridized carbons (Fsp3) is 0.350. The van der Waals surface area contributed by atoms with E-state index in [0.717, 1.165) is 36.3 Å². The van der Waals surface area contributed by atoms with Crippen molar-refractivity contribution in [2.75, 3.05) is 44.9 Å². The van der Waals surface area contributed by atoms with Crippen LogP contribution in [-0.4, -0.2) is 50.8 Å². The van der Waals surface area contributed by atoms with Gasteiger partial charge in [-0.1, -0.05) is 28.1 Å². The van der Waals surface area contributed by atoms with Crippen LogP contribution in [0, 0.1) is 0 Å². The zero-order chi connectivity index (χ0) is 18.4. The Morgan fingerprint density at radius 3 is 2.42 bits per heavy atom. The van der Waals surface area contributed by atoms with E-state index in [-0.39, 0.29) is 12.5 Å². The van der Waals surface area contributed by atoms with Gasteiger partial charge in [0, 0.05) is 36.8 Å². The molecule has 1 fully saturated rings. The van der Waals surface area contributed by atoms with Gasteiger partial charge in [-0.3, -0.25) is 4.79 Å². The number of amides is 1. The van der Waals surface area contributed by atoms with E-state index in [0.29, 0.717) is 12.3 Å². The lowest BCUT2D eigenvalue weighted by atomic mass is 10.1. The Labute approximate surface area is 162 Å². The predicted octanol–water partition coefficient (Wildman–Crippen LogP) is 3.32. The second kappa shape index (κ2) is 9.05. The highest BCUT2D eigenvalue weighted by Crippen LogP contribution is 2.18. The van der Waals surface area contributed by atoms with Crippen molar-refractivity contribution in [2.24, 2.45) is 0 Å². The van der Waals surface area contributed by atoms with E-state index in [2.05, 4.69) is 45.1 Å². The number of benzene rings is 2. The number of ether oxygens (including phenoxy) is 2. The number of hydrogen-bond donors (Lipinski definition) is 0. The Morgan fingerprint density at radius 2 is 1.77 bits per heavy atom. The molecule has 0 N–H and O–H groups in total. The average Bonchev–Trinajstić information content (AvgIpc) is 2.68. The molecule has 0 atom stereocenters. The van der Waals surface area contributed by atoms with Gasteiger partial charge in [0.1, 0.15) is 5.75 Å². The second-order valence-electron chi connectivity index (χ2n) is 6.26. The standard InChI is InChI=1S/C20H23BrN2O3/c1-22(20(24)15-26-19-8-4-17(21)5-9-19)14-16-2-6-18(7-3-16)23-10-12-25-13-11-23/h2-9H,10-15H2,1H3. The first kappa shape index (κ1) is 18.7. The van der Waals surface area contributed by atoms with Gasteiger partial charge in [0.25, 0.3) is 5.91 Å². The van der Waals surface area contributed by atoms with E-state index in [4.69, 9.17) is 9.47 Å². The number of rotatable bonds is 6. The third-order valence-corrected chi connectivity index (χ3v) is 4.86. The van der Waals surface area contributed by atoms with Crippen LogP contribution < -0.4 is 9.64 Å². The minimum Gasteiger partial charge on any atom is -0.484 e. The van der Waals surface area contributed by atoms with Crippen LogP contribution in [0.5, 0.6) is 5.75 Å². The zero-order valence-electron chi connectivity index (χ0n) is 14.9. The number of hydrogen-bond acceptors (Lipinski definition) is 4. The molecule has 0 spiro atoms. The van der Waals surface area contributed by atoms with Gasteiger partial charge < -0.3 is 19.3 Å². The molecule has 1 amide bonds. The molecule has 0 aromatic heterocycles. The molecular formula is C20H23BrN2O3. The smallest absolute Gasteiger partial charge is 0.260 e. The fourth-order valence-electron chi connectivity index (χ4n) is 2.78. The van der Waals surface area contributed by atoms with E-state index in [1.807, 2.05) is 24.3 Å². The third kappa shape index (κ3) is 5.22. The number of nitrogens with zero attached hydrogens (tertiary/aromatic N) is 2. The second-order valence-corrected chi connectivity index (χ2v) is 7.17. The minimum atomic E-state index is -0.0508. The summed E-state index contributed by atoms with van der Waals surface area (Å²) in [6, 6.07) is 15.8. The van der Waals surface area contributed by atoms with Crippen molar-refractivity contribution in [2.45, 2.75) is 6.54 Å². The first-order valence-corrected chi connectivity index (χ1v) is 9.45. The van der Waals surface area contributed by atoms with Gasteiger partial charge in [0.15, 0.2) is 6.61 Å². The summed E-state index contributed by atoms with van der Waals surface area (Å²) in [4.78, 5) is 16.3. The van der Waals surface area contributed by atoms with Crippen molar-refractivity contribution in [3.05, 3.63) is 58.6 Å². The molecule has 5 nitrogen and oxygen atoms in total. The van der Waals surface area contributed by atoms with E-state index < -0.39 is 0 Å². The molecule has 0 unspecified atom stereocenters. The van der Waals surface area contributed by atoms with E-state index >= 15 is 0 Å². The van der Waals surface area contributed by atoms with Crippen molar-refractivity contribution in [3.8, 4) is 5.75 Å². The summed E-state index contributed by atoms with van der Waals surface area (Å²) in [7, 11) is 1.79. The predicted molar refractivity (Wildman–Crippen MR) is 106 cm³/mol. The molecular weight excluding hydrogens is 396 g/mol. The van der Waals surface area contributed by atoms with Crippen molar-refractivity contribution in [3.63, 3.8) is 0 Å². The molecule has 0 bridgehead atoms. The molecule has 0 radical (unpaired) electrons. The van der Waals surface area contributed by atoms with Crippen LogP contribution in [0.15, 0.2) is 53.0 Å². The normalized spacial score (nSPS) is 14.2. The fourth-order valence-corrected chi connectivity index (χ4v) is 3.05. The summed E-state index contributed by atoms with van der Waals surface area (Å²) in [5.41, 5.74) is 2.30. The highest BCUT2D eigenvalue weighted by atomic mass is 79.9. The largest absolute Gasteiger partial charge is 0.484 e. The third-order valence-electron chi connectivity index (χ3n) is 4.33. The van der Waals surface area contributed by atoms with Gasteiger partial charge in [-0.2, -0.15) is 0 Å². The van der Waals surface area contributed by atoms with Gasteiger partial charge in [-0.15, -0.1) is 0 Å². The highest BCUT2D eigenvalue weighted by Gasteiger charge is 2.13. The maximum Gasteiger partial charge on any atom is 0.260 e. The molecule has 0 saturated carbocycles. The summed E-state index contributed by atoms with van der Waals surface area (Å²) in [6.07, 6.45) is 0. The summed E-state index contributed by atoms with van der Waals surface area (Å²) in [5, 5.41) is 0. The molecule has 2 aromatic rings. The molecule has 1 saturated heterocycles. The molecule has 1 aliphatic rings. The maximum atomic E-state index is 12.3. The summed E-state index contributed by atoms with van der Waals surface area (Å²) < 4.78 is 11.9. The Hall–Kier alpha value is -2.05. The highest BCUT2D eigenvalue weighted by molar-refractivity contribution is 9.10. The van der Waals surface area contributed by atoms with Crippen LogP contribution in [0.1, 0.15) is 5.56 Å². The van der Waals surface area contributed by atoms with Crippen LogP contribution >= 0.6 is 15.9 Å². The zero-order valence-corrected chi connectivity index (χ0v) is 16.4. The summed E-state index contributed by atoms with van der Waals surface area (Å²) in [6.45, 7) is 3.99. The number of carbonyl (C=O) groups is 1.